The van der Waals surface area contributed by atoms with Gasteiger partial charge in [0.15, 0.2) is 0 Å². The Morgan fingerprint density at radius 3 is 2.52 bits per heavy atom. The van der Waals surface area contributed by atoms with Crippen LogP contribution in [-0.4, -0.2) is 48.6 Å². The van der Waals surface area contributed by atoms with E-state index in [4.69, 9.17) is 5.11 Å². The zero-order valence-electron chi connectivity index (χ0n) is 12.3. The second-order valence-electron chi connectivity index (χ2n) is 5.35. The van der Waals surface area contributed by atoms with E-state index in [1.165, 1.54) is 11.0 Å². The van der Waals surface area contributed by atoms with Crippen molar-refractivity contribution in [1.82, 2.24) is 4.90 Å². The molecule has 1 amide bonds. The predicted octanol–water partition coefficient (Wildman–Crippen LogP) is 1.84. The molecule has 5 heteroatoms. The molecule has 21 heavy (non-hydrogen) atoms. The molecule has 1 heterocycles. The van der Waals surface area contributed by atoms with Crippen LogP contribution >= 0.6 is 0 Å². The molecule has 1 aromatic rings. The Labute approximate surface area is 124 Å². The summed E-state index contributed by atoms with van der Waals surface area (Å²) in [6.07, 6.45) is 4.45. The zero-order chi connectivity index (χ0) is 15.4. The van der Waals surface area contributed by atoms with E-state index in [0.717, 1.165) is 17.7 Å². The highest BCUT2D eigenvalue weighted by Crippen LogP contribution is 2.18. The van der Waals surface area contributed by atoms with Gasteiger partial charge in [-0.1, -0.05) is 12.1 Å². The second kappa shape index (κ2) is 6.43. The fourth-order valence-corrected chi connectivity index (χ4v) is 2.43. The standard InChI is InChI=1S/C16H20N2O3/c1-17(2)13-8-5-12(6-9-13)7-10-15(19)18-11-3-4-14(18)16(20)21/h5-10,14H,3-4,11H2,1-2H3,(H,20,21)/b10-7+/t14-/m0/s1. The molecule has 1 aliphatic rings. The lowest BCUT2D eigenvalue weighted by Gasteiger charge is -2.19. The minimum atomic E-state index is -0.926. The number of carboxylic acid groups (broad SMARTS) is 1. The van der Waals surface area contributed by atoms with Crippen LogP contribution in [0.25, 0.3) is 6.08 Å². The van der Waals surface area contributed by atoms with Crippen LogP contribution in [0.5, 0.6) is 0 Å². The van der Waals surface area contributed by atoms with E-state index in [1.807, 2.05) is 43.3 Å². The second-order valence-corrected chi connectivity index (χ2v) is 5.35. The quantitative estimate of drug-likeness (QED) is 0.859. The Balaban J connectivity index is 2.03. The van der Waals surface area contributed by atoms with Crippen LogP contribution in [0, 0.1) is 0 Å². The molecule has 1 fully saturated rings. The van der Waals surface area contributed by atoms with Crippen molar-refractivity contribution in [1.29, 1.82) is 0 Å². The first-order valence-electron chi connectivity index (χ1n) is 6.98. The third-order valence-electron chi connectivity index (χ3n) is 3.65. The van der Waals surface area contributed by atoms with E-state index in [2.05, 4.69) is 0 Å². The Morgan fingerprint density at radius 2 is 1.95 bits per heavy atom. The molecule has 1 atom stereocenters. The summed E-state index contributed by atoms with van der Waals surface area (Å²) >= 11 is 0. The van der Waals surface area contributed by atoms with Crippen molar-refractivity contribution >= 4 is 23.6 Å². The maximum Gasteiger partial charge on any atom is 0.326 e. The number of anilines is 1. The summed E-state index contributed by atoms with van der Waals surface area (Å²) in [7, 11) is 3.93. The maximum absolute atomic E-state index is 12.1. The largest absolute Gasteiger partial charge is 0.480 e. The first-order chi connectivity index (χ1) is 9.99. The van der Waals surface area contributed by atoms with Gasteiger partial charge in [0, 0.05) is 32.4 Å². The molecule has 5 nitrogen and oxygen atoms in total. The molecule has 1 saturated heterocycles. The Kier molecular flexibility index (Phi) is 4.62. The van der Waals surface area contributed by atoms with E-state index in [9.17, 15) is 9.59 Å². The molecule has 0 bridgehead atoms. The minimum absolute atomic E-state index is 0.239. The summed E-state index contributed by atoms with van der Waals surface area (Å²) in [6.45, 7) is 0.514. The number of rotatable bonds is 4. The summed E-state index contributed by atoms with van der Waals surface area (Å²) in [5, 5.41) is 9.08. The lowest BCUT2D eigenvalue weighted by Crippen LogP contribution is -2.39. The summed E-state index contributed by atoms with van der Waals surface area (Å²) in [5.74, 6) is -1.17. The van der Waals surface area contributed by atoms with Gasteiger partial charge in [0.05, 0.1) is 0 Å². The number of hydrogen-bond acceptors (Lipinski definition) is 3. The van der Waals surface area contributed by atoms with E-state index in [1.54, 1.807) is 6.08 Å². The van der Waals surface area contributed by atoms with Crippen LogP contribution in [0.4, 0.5) is 5.69 Å². The number of likely N-dealkylation sites (tertiary alicyclic amines) is 1. The molecule has 0 aliphatic carbocycles. The lowest BCUT2D eigenvalue weighted by atomic mass is 10.2. The van der Waals surface area contributed by atoms with Gasteiger partial charge >= 0.3 is 5.97 Å². The summed E-state index contributed by atoms with van der Waals surface area (Å²) in [5.41, 5.74) is 2.00. The Morgan fingerprint density at radius 1 is 1.29 bits per heavy atom. The SMILES string of the molecule is CN(C)c1ccc(/C=C/C(=O)N2CCC[C@H]2C(=O)O)cc1. The molecule has 2 rings (SSSR count). The van der Waals surface area contributed by atoms with Crippen molar-refractivity contribution < 1.29 is 14.7 Å². The van der Waals surface area contributed by atoms with Crippen LogP contribution < -0.4 is 4.90 Å². The third-order valence-corrected chi connectivity index (χ3v) is 3.65. The van der Waals surface area contributed by atoms with Gasteiger partial charge in [0.25, 0.3) is 0 Å². The van der Waals surface area contributed by atoms with Crippen molar-refractivity contribution in [3.05, 3.63) is 35.9 Å². The van der Waals surface area contributed by atoms with Crippen LogP contribution in [-0.2, 0) is 9.59 Å². The molecule has 0 saturated carbocycles. The first kappa shape index (κ1) is 15.1. The molecular weight excluding hydrogens is 268 g/mol. The molecule has 1 aliphatic heterocycles. The Hall–Kier alpha value is -2.30. The molecule has 0 aromatic heterocycles. The molecule has 1 aromatic carbocycles. The van der Waals surface area contributed by atoms with Gasteiger partial charge < -0.3 is 14.9 Å². The van der Waals surface area contributed by atoms with Crippen LogP contribution in [0.1, 0.15) is 18.4 Å². The van der Waals surface area contributed by atoms with Gasteiger partial charge in [0.1, 0.15) is 6.04 Å². The number of nitrogens with zero attached hydrogens (tertiary/aromatic N) is 2. The molecular formula is C16H20N2O3. The van der Waals surface area contributed by atoms with E-state index < -0.39 is 12.0 Å². The summed E-state index contributed by atoms with van der Waals surface area (Å²) in [6, 6.07) is 7.12. The Bertz CT molecular complexity index is 549. The van der Waals surface area contributed by atoms with Crippen LogP contribution in [0.15, 0.2) is 30.3 Å². The fraction of sp³-hybridized carbons (Fsp3) is 0.375. The highest BCUT2D eigenvalue weighted by Gasteiger charge is 2.32. The van der Waals surface area contributed by atoms with Gasteiger partial charge in [-0.05, 0) is 36.6 Å². The number of carbonyl (C=O) groups excluding carboxylic acids is 1. The van der Waals surface area contributed by atoms with Gasteiger partial charge in [0.2, 0.25) is 5.91 Å². The average molecular weight is 288 g/mol. The molecule has 1 N–H and O–H groups in total. The van der Waals surface area contributed by atoms with E-state index in [0.29, 0.717) is 13.0 Å². The summed E-state index contributed by atoms with van der Waals surface area (Å²) in [4.78, 5) is 26.6. The maximum atomic E-state index is 12.1. The van der Waals surface area contributed by atoms with Crippen molar-refractivity contribution in [3.63, 3.8) is 0 Å². The number of amides is 1. The number of aliphatic carboxylic acids is 1. The van der Waals surface area contributed by atoms with Crippen molar-refractivity contribution in [2.24, 2.45) is 0 Å². The minimum Gasteiger partial charge on any atom is -0.480 e. The number of benzene rings is 1. The van der Waals surface area contributed by atoms with Gasteiger partial charge in [-0.3, -0.25) is 4.79 Å². The molecule has 0 spiro atoms. The van der Waals surface area contributed by atoms with E-state index in [-0.39, 0.29) is 5.91 Å². The fourth-order valence-electron chi connectivity index (χ4n) is 2.43. The van der Waals surface area contributed by atoms with Gasteiger partial charge in [-0.25, -0.2) is 4.79 Å². The highest BCUT2D eigenvalue weighted by atomic mass is 16.4. The van der Waals surface area contributed by atoms with Gasteiger partial charge in [-0.15, -0.1) is 0 Å². The third kappa shape index (κ3) is 3.62. The highest BCUT2D eigenvalue weighted by molar-refractivity contribution is 5.94. The van der Waals surface area contributed by atoms with Crippen LogP contribution in [0.3, 0.4) is 0 Å². The lowest BCUT2D eigenvalue weighted by molar-refractivity contribution is -0.146. The molecule has 0 unspecified atom stereocenters. The average Bonchev–Trinajstić information content (AvgIpc) is 2.95. The predicted molar refractivity (Wildman–Crippen MR) is 82.2 cm³/mol. The summed E-state index contributed by atoms with van der Waals surface area (Å²) < 4.78 is 0. The van der Waals surface area contributed by atoms with E-state index >= 15 is 0 Å². The topological polar surface area (TPSA) is 60.9 Å². The van der Waals surface area contributed by atoms with Crippen LogP contribution in [0.2, 0.25) is 0 Å². The number of carbonyl (C=O) groups is 2. The van der Waals surface area contributed by atoms with Crippen molar-refractivity contribution in [2.75, 3.05) is 25.5 Å². The van der Waals surface area contributed by atoms with Crippen molar-refractivity contribution in [2.45, 2.75) is 18.9 Å². The first-order valence-corrected chi connectivity index (χ1v) is 6.98. The smallest absolute Gasteiger partial charge is 0.326 e. The van der Waals surface area contributed by atoms with Gasteiger partial charge in [-0.2, -0.15) is 0 Å². The number of hydrogen-bond donors (Lipinski definition) is 1. The van der Waals surface area contributed by atoms with Crippen molar-refractivity contribution in [3.8, 4) is 0 Å². The monoisotopic (exact) mass is 288 g/mol. The molecule has 112 valence electrons. The number of carboxylic acids is 1. The molecule has 0 radical (unpaired) electrons. The normalized spacial score (nSPS) is 18.2. The zero-order valence-corrected chi connectivity index (χ0v) is 12.3.